The fraction of sp³-hybridized carbons (Fsp3) is 0.500. The van der Waals surface area contributed by atoms with Crippen LogP contribution in [0.2, 0.25) is 5.02 Å². The Morgan fingerprint density at radius 2 is 2.02 bits per heavy atom. The lowest BCUT2D eigenvalue weighted by Crippen LogP contribution is -2.68. The second-order valence-corrected chi connectivity index (χ2v) is 13.1. The van der Waals surface area contributed by atoms with E-state index in [1.54, 1.807) is 18.2 Å². The van der Waals surface area contributed by atoms with E-state index in [0.29, 0.717) is 41.2 Å². The van der Waals surface area contributed by atoms with Gasteiger partial charge in [0.2, 0.25) is 26.8 Å². The standard InChI is InChI=1S/C26H28ClF3N4O5S/c1-40(38,39)20(28)11-15(9-14-7-8-31-23(14)35)32-24(36)22-17-6-5-16(12-26(17,29)30)34(22)25(37)19-10-13-3-2-4-18(27)21(13)33-19/h2-4,10-11,14-17,22,33H,5-9,12H2,1H3,(H,31,35)(H,32,36)/b20-11+/t14-,15+,16+,17+,22+/m1/s1. The molecule has 2 bridgehead atoms. The van der Waals surface area contributed by atoms with Crippen LogP contribution in [-0.4, -0.2) is 72.9 Å². The smallest absolute Gasteiger partial charge is 0.271 e. The van der Waals surface area contributed by atoms with Gasteiger partial charge in [-0.05, 0) is 43.9 Å². The lowest BCUT2D eigenvalue weighted by atomic mass is 9.71. The molecule has 1 aromatic carbocycles. The highest BCUT2D eigenvalue weighted by Crippen LogP contribution is 2.49. The molecule has 5 atom stereocenters. The van der Waals surface area contributed by atoms with Gasteiger partial charge in [0.25, 0.3) is 11.8 Å². The number of carbonyl (C=O) groups is 3. The number of nitrogens with one attached hydrogen (secondary N) is 3. The molecule has 3 N–H and O–H groups in total. The van der Waals surface area contributed by atoms with Gasteiger partial charge in [0.1, 0.15) is 11.7 Å². The lowest BCUT2D eigenvalue weighted by Gasteiger charge is -2.53. The predicted octanol–water partition coefficient (Wildman–Crippen LogP) is 3.32. The maximum atomic E-state index is 15.1. The second-order valence-electron chi connectivity index (χ2n) is 10.7. The number of aromatic amines is 1. The third kappa shape index (κ3) is 5.32. The highest BCUT2D eigenvalue weighted by Gasteiger charge is 2.60. The molecular formula is C26H28ClF3N4O5S. The Bertz CT molecular complexity index is 1510. The zero-order chi connectivity index (χ0) is 29.0. The number of sulfone groups is 1. The number of fused-ring (bicyclic) bond motifs is 4. The predicted molar refractivity (Wildman–Crippen MR) is 141 cm³/mol. The molecule has 4 fully saturated rings. The molecule has 4 aliphatic rings. The van der Waals surface area contributed by atoms with E-state index >= 15 is 8.78 Å². The Kier molecular flexibility index (Phi) is 7.40. The summed E-state index contributed by atoms with van der Waals surface area (Å²) in [5.41, 5.74) is 0.552. The van der Waals surface area contributed by atoms with Crippen LogP contribution in [0.25, 0.3) is 10.9 Å². The van der Waals surface area contributed by atoms with Crippen molar-refractivity contribution in [3.63, 3.8) is 0 Å². The molecule has 3 aliphatic heterocycles. The summed E-state index contributed by atoms with van der Waals surface area (Å²) in [5, 5.41) is 4.55. The van der Waals surface area contributed by atoms with E-state index in [2.05, 4.69) is 15.6 Å². The number of carbonyl (C=O) groups excluding carboxylic acids is 3. The molecule has 40 heavy (non-hydrogen) atoms. The molecule has 14 heteroatoms. The first kappa shape index (κ1) is 28.5. The molecule has 3 saturated heterocycles. The highest BCUT2D eigenvalue weighted by atomic mass is 35.5. The minimum absolute atomic E-state index is 0.0126. The van der Waals surface area contributed by atoms with Crippen LogP contribution in [0.1, 0.15) is 42.6 Å². The van der Waals surface area contributed by atoms with Gasteiger partial charge in [-0.2, -0.15) is 4.39 Å². The third-order valence-electron chi connectivity index (χ3n) is 7.99. The number of benzene rings is 1. The first-order valence-electron chi connectivity index (χ1n) is 12.9. The molecule has 4 heterocycles. The van der Waals surface area contributed by atoms with Crippen LogP contribution in [0, 0.1) is 11.8 Å². The third-order valence-corrected chi connectivity index (χ3v) is 9.15. The molecule has 0 spiro atoms. The van der Waals surface area contributed by atoms with Crippen molar-refractivity contribution < 1.29 is 36.0 Å². The maximum absolute atomic E-state index is 15.1. The number of H-pyrrole nitrogens is 1. The van der Waals surface area contributed by atoms with Crippen molar-refractivity contribution in [3.8, 4) is 0 Å². The lowest BCUT2D eigenvalue weighted by molar-refractivity contribution is -0.179. The quantitative estimate of drug-likeness (QED) is 0.449. The summed E-state index contributed by atoms with van der Waals surface area (Å²) < 4.78 is 68.2. The van der Waals surface area contributed by atoms with Crippen molar-refractivity contribution in [3.05, 3.63) is 46.2 Å². The number of piperidine rings is 2. The Morgan fingerprint density at radius 3 is 2.65 bits per heavy atom. The van der Waals surface area contributed by atoms with Crippen LogP contribution >= 0.6 is 11.6 Å². The molecular weight excluding hydrogens is 573 g/mol. The molecule has 0 unspecified atom stereocenters. The summed E-state index contributed by atoms with van der Waals surface area (Å²) in [6.07, 6.45) is 1.19. The van der Waals surface area contributed by atoms with Crippen LogP contribution in [-0.2, 0) is 19.4 Å². The summed E-state index contributed by atoms with van der Waals surface area (Å²) in [6, 6.07) is 2.74. The van der Waals surface area contributed by atoms with E-state index in [-0.39, 0.29) is 30.9 Å². The maximum Gasteiger partial charge on any atom is 0.271 e. The van der Waals surface area contributed by atoms with Gasteiger partial charge in [-0.15, -0.1) is 0 Å². The minimum Gasteiger partial charge on any atom is -0.356 e. The Morgan fingerprint density at radius 1 is 1.27 bits per heavy atom. The average Bonchev–Trinajstić information content (AvgIpc) is 3.49. The van der Waals surface area contributed by atoms with E-state index < -0.39 is 69.1 Å². The number of nitrogens with zero attached hydrogens (tertiary/aromatic N) is 1. The molecule has 3 amide bonds. The summed E-state index contributed by atoms with van der Waals surface area (Å²) in [4.78, 5) is 43.6. The van der Waals surface area contributed by atoms with E-state index in [0.717, 1.165) is 4.90 Å². The normalized spacial score (nSPS) is 27.1. The molecule has 216 valence electrons. The zero-order valence-electron chi connectivity index (χ0n) is 21.4. The number of aromatic nitrogens is 1. The van der Waals surface area contributed by atoms with Gasteiger partial charge in [0.05, 0.1) is 22.5 Å². The second kappa shape index (κ2) is 10.4. The number of para-hydroxylation sites is 1. The largest absolute Gasteiger partial charge is 0.356 e. The van der Waals surface area contributed by atoms with Crippen molar-refractivity contribution in [1.29, 1.82) is 0 Å². The molecule has 1 aliphatic carbocycles. The number of rotatable bonds is 7. The van der Waals surface area contributed by atoms with E-state index in [9.17, 15) is 27.2 Å². The molecule has 1 aromatic heterocycles. The number of hydrogen-bond acceptors (Lipinski definition) is 5. The summed E-state index contributed by atoms with van der Waals surface area (Å²) in [6.45, 7) is 0.359. The van der Waals surface area contributed by atoms with E-state index in [1.165, 1.54) is 6.07 Å². The highest BCUT2D eigenvalue weighted by molar-refractivity contribution is 7.94. The fourth-order valence-corrected chi connectivity index (χ4v) is 6.71. The van der Waals surface area contributed by atoms with E-state index in [4.69, 9.17) is 11.6 Å². The molecule has 9 nitrogen and oxygen atoms in total. The van der Waals surface area contributed by atoms with Crippen molar-refractivity contribution in [2.75, 3.05) is 12.8 Å². The van der Waals surface area contributed by atoms with Crippen molar-refractivity contribution >= 4 is 50.1 Å². The monoisotopic (exact) mass is 600 g/mol. The first-order valence-corrected chi connectivity index (χ1v) is 15.2. The van der Waals surface area contributed by atoms with Crippen LogP contribution in [0.15, 0.2) is 35.5 Å². The SMILES string of the molecule is CS(=O)(=O)/C(F)=C/[C@H](C[C@H]1CCNC1=O)NC(=O)[C@@H]1[C@@H]2CC[C@@H](CC2(F)F)N1C(=O)c1cc2cccc(Cl)c2[nH]1. The minimum atomic E-state index is -4.27. The first-order chi connectivity index (χ1) is 18.8. The number of hydrogen-bond donors (Lipinski definition) is 3. The van der Waals surface area contributed by atoms with Gasteiger partial charge in [-0.1, -0.05) is 23.7 Å². The van der Waals surface area contributed by atoms with Crippen molar-refractivity contribution in [1.82, 2.24) is 20.5 Å². The van der Waals surface area contributed by atoms with Gasteiger partial charge in [-0.25, -0.2) is 17.2 Å². The Labute approximate surface area is 233 Å². The molecule has 1 saturated carbocycles. The Hall–Kier alpha value is -3.06. The Balaban J connectivity index is 1.48. The van der Waals surface area contributed by atoms with Crippen LogP contribution in [0.5, 0.6) is 0 Å². The zero-order valence-corrected chi connectivity index (χ0v) is 23.0. The molecule has 6 rings (SSSR count). The number of alkyl halides is 2. The van der Waals surface area contributed by atoms with Crippen LogP contribution in [0.4, 0.5) is 13.2 Å². The van der Waals surface area contributed by atoms with Gasteiger partial charge >= 0.3 is 0 Å². The van der Waals surface area contributed by atoms with Crippen molar-refractivity contribution in [2.24, 2.45) is 11.8 Å². The van der Waals surface area contributed by atoms with Crippen LogP contribution < -0.4 is 10.6 Å². The molecule has 0 radical (unpaired) electrons. The van der Waals surface area contributed by atoms with Crippen molar-refractivity contribution in [2.45, 2.75) is 56.2 Å². The van der Waals surface area contributed by atoms with Gasteiger partial charge in [0, 0.05) is 36.6 Å². The topological polar surface area (TPSA) is 128 Å². The van der Waals surface area contributed by atoms with Gasteiger partial charge in [-0.3, -0.25) is 14.4 Å². The van der Waals surface area contributed by atoms with E-state index in [1.807, 2.05) is 0 Å². The summed E-state index contributed by atoms with van der Waals surface area (Å²) >= 11 is 6.22. The summed E-state index contributed by atoms with van der Waals surface area (Å²) in [5.74, 6) is -7.37. The van der Waals surface area contributed by atoms with Gasteiger partial charge < -0.3 is 20.5 Å². The average molecular weight is 601 g/mol. The molecule has 2 aromatic rings. The number of amides is 3. The van der Waals surface area contributed by atoms with Crippen LogP contribution in [0.3, 0.4) is 0 Å². The summed E-state index contributed by atoms with van der Waals surface area (Å²) in [7, 11) is -4.27. The van der Waals surface area contributed by atoms with Gasteiger partial charge in [0.15, 0.2) is 0 Å². The fourth-order valence-electron chi connectivity index (χ4n) is 6.07. The number of halogens is 4.